The van der Waals surface area contributed by atoms with E-state index in [-0.39, 0.29) is 17.7 Å². The highest BCUT2D eigenvalue weighted by molar-refractivity contribution is 6.46. The molecule has 1 aliphatic heterocycles. The first-order chi connectivity index (χ1) is 14.5. The second kappa shape index (κ2) is 7.87. The highest BCUT2D eigenvalue weighted by Gasteiger charge is 2.46. The fourth-order valence-corrected chi connectivity index (χ4v) is 3.48. The number of rotatable bonds is 4. The number of benzene rings is 2. The lowest BCUT2D eigenvalue weighted by Crippen LogP contribution is -2.29. The number of carbonyl (C=O) groups excluding carboxylic acids is 2. The Bertz CT molecular complexity index is 1130. The van der Waals surface area contributed by atoms with Crippen molar-refractivity contribution in [3.63, 3.8) is 0 Å². The molecule has 1 fully saturated rings. The van der Waals surface area contributed by atoms with Crippen LogP contribution in [0.1, 0.15) is 22.7 Å². The van der Waals surface area contributed by atoms with Gasteiger partial charge in [-0.05, 0) is 53.6 Å². The fourth-order valence-electron chi connectivity index (χ4n) is 3.48. The Morgan fingerprint density at radius 3 is 2.20 bits per heavy atom. The summed E-state index contributed by atoms with van der Waals surface area (Å²) in [6, 6.07) is 13.0. The second-order valence-electron chi connectivity index (χ2n) is 6.85. The minimum atomic E-state index is -0.895. The lowest BCUT2D eigenvalue weighted by molar-refractivity contribution is -0.140. The third kappa shape index (κ3) is 3.57. The van der Waals surface area contributed by atoms with Crippen molar-refractivity contribution in [1.82, 2.24) is 9.88 Å². The number of ketones is 1. The molecule has 0 bridgehead atoms. The van der Waals surface area contributed by atoms with E-state index in [1.807, 2.05) is 0 Å². The van der Waals surface area contributed by atoms with E-state index in [2.05, 4.69) is 4.98 Å². The predicted octanol–water partition coefficient (Wildman–Crippen LogP) is 3.98. The van der Waals surface area contributed by atoms with Crippen LogP contribution in [0.4, 0.5) is 8.78 Å². The Balaban J connectivity index is 1.83. The summed E-state index contributed by atoms with van der Waals surface area (Å²) in [5.74, 6) is -2.96. The molecule has 0 spiro atoms. The van der Waals surface area contributed by atoms with Crippen molar-refractivity contribution >= 4 is 17.4 Å². The van der Waals surface area contributed by atoms with Gasteiger partial charge in [0.1, 0.15) is 17.4 Å². The molecule has 1 N–H and O–H groups in total. The molecule has 2 aromatic carbocycles. The maximum atomic E-state index is 13.3. The van der Waals surface area contributed by atoms with Crippen LogP contribution in [-0.2, 0) is 16.1 Å². The molecule has 2 heterocycles. The Labute approximate surface area is 170 Å². The number of aliphatic hydroxyl groups is 1. The number of Topliss-reactive ketones (excluding diaryl/α,β-unsaturated/α-hetero) is 1. The van der Waals surface area contributed by atoms with Gasteiger partial charge >= 0.3 is 0 Å². The molecule has 150 valence electrons. The maximum Gasteiger partial charge on any atom is 0.295 e. The standard InChI is InChI=1S/C23H16F2N2O3/c24-17-7-3-14(4-8-17)13-27-20(16-2-1-11-26-12-16)19(22(29)23(27)30)21(28)15-5-9-18(25)10-6-15/h1-12,20,28H,13H2/b21-19-. The Hall–Kier alpha value is -3.87. The van der Waals surface area contributed by atoms with Gasteiger partial charge in [0.2, 0.25) is 0 Å². The van der Waals surface area contributed by atoms with Crippen LogP contribution in [0, 0.1) is 11.6 Å². The van der Waals surface area contributed by atoms with Crippen LogP contribution < -0.4 is 0 Å². The molecule has 30 heavy (non-hydrogen) atoms. The van der Waals surface area contributed by atoms with Crippen LogP contribution >= 0.6 is 0 Å². The molecule has 1 atom stereocenters. The highest BCUT2D eigenvalue weighted by atomic mass is 19.1. The number of amides is 1. The van der Waals surface area contributed by atoms with Crippen molar-refractivity contribution in [3.05, 3.63) is 107 Å². The summed E-state index contributed by atoms with van der Waals surface area (Å²) in [5, 5.41) is 10.8. The number of hydrogen-bond donors (Lipinski definition) is 1. The summed E-state index contributed by atoms with van der Waals surface area (Å²) in [7, 11) is 0. The van der Waals surface area contributed by atoms with E-state index < -0.39 is 35.1 Å². The maximum absolute atomic E-state index is 13.3. The van der Waals surface area contributed by atoms with E-state index in [1.165, 1.54) is 47.5 Å². The normalized spacial score (nSPS) is 18.1. The first kappa shape index (κ1) is 19.4. The number of hydrogen-bond acceptors (Lipinski definition) is 4. The summed E-state index contributed by atoms with van der Waals surface area (Å²) in [5.41, 5.74) is 1.25. The zero-order valence-electron chi connectivity index (χ0n) is 15.6. The first-order valence-corrected chi connectivity index (χ1v) is 9.14. The molecule has 1 saturated heterocycles. The zero-order chi connectivity index (χ0) is 21.3. The molecule has 1 aliphatic rings. The molecule has 3 aromatic rings. The SMILES string of the molecule is O=C1C(=O)N(Cc2ccc(F)cc2)C(c2cccnc2)/C1=C(/O)c1ccc(F)cc1. The number of aliphatic hydroxyl groups excluding tert-OH is 1. The average Bonchev–Trinajstić information content (AvgIpc) is 3.01. The van der Waals surface area contributed by atoms with Gasteiger partial charge in [0, 0.05) is 24.5 Å². The van der Waals surface area contributed by atoms with Crippen molar-refractivity contribution < 1.29 is 23.5 Å². The monoisotopic (exact) mass is 406 g/mol. The fraction of sp³-hybridized carbons (Fsp3) is 0.0870. The number of nitrogens with zero attached hydrogens (tertiary/aromatic N) is 2. The molecule has 1 unspecified atom stereocenters. The number of likely N-dealkylation sites (tertiary alicyclic amines) is 1. The summed E-state index contributed by atoms with van der Waals surface area (Å²) < 4.78 is 26.5. The van der Waals surface area contributed by atoms with E-state index in [1.54, 1.807) is 18.3 Å². The minimum absolute atomic E-state index is 0.0324. The van der Waals surface area contributed by atoms with Gasteiger partial charge < -0.3 is 10.0 Å². The quantitative estimate of drug-likeness (QED) is 0.404. The molecule has 1 aromatic heterocycles. The smallest absolute Gasteiger partial charge is 0.295 e. The van der Waals surface area contributed by atoms with Crippen molar-refractivity contribution in [3.8, 4) is 0 Å². The van der Waals surface area contributed by atoms with E-state index >= 15 is 0 Å². The van der Waals surface area contributed by atoms with Gasteiger partial charge in [-0.25, -0.2) is 8.78 Å². The summed E-state index contributed by atoms with van der Waals surface area (Å²) in [4.78, 5) is 31.1. The van der Waals surface area contributed by atoms with E-state index in [4.69, 9.17) is 0 Å². The zero-order valence-corrected chi connectivity index (χ0v) is 15.6. The second-order valence-corrected chi connectivity index (χ2v) is 6.85. The van der Waals surface area contributed by atoms with Crippen LogP contribution in [0.3, 0.4) is 0 Å². The molecule has 0 aliphatic carbocycles. The van der Waals surface area contributed by atoms with Crippen molar-refractivity contribution in [2.75, 3.05) is 0 Å². The van der Waals surface area contributed by atoms with Crippen molar-refractivity contribution in [2.45, 2.75) is 12.6 Å². The highest BCUT2D eigenvalue weighted by Crippen LogP contribution is 2.40. The van der Waals surface area contributed by atoms with Crippen LogP contribution in [-0.4, -0.2) is 26.7 Å². The number of halogens is 2. The Kier molecular flexibility index (Phi) is 5.10. The van der Waals surface area contributed by atoms with Gasteiger partial charge in [-0.1, -0.05) is 18.2 Å². The van der Waals surface area contributed by atoms with Crippen LogP contribution in [0.5, 0.6) is 0 Å². The topological polar surface area (TPSA) is 70.5 Å². The predicted molar refractivity (Wildman–Crippen MR) is 105 cm³/mol. The molecule has 4 rings (SSSR count). The molecule has 5 nitrogen and oxygen atoms in total. The Morgan fingerprint density at radius 2 is 1.60 bits per heavy atom. The molecule has 7 heteroatoms. The average molecular weight is 406 g/mol. The Morgan fingerprint density at radius 1 is 0.967 bits per heavy atom. The lowest BCUT2D eigenvalue weighted by atomic mass is 9.96. The molecule has 0 saturated carbocycles. The van der Waals surface area contributed by atoms with Gasteiger partial charge in [-0.3, -0.25) is 14.6 Å². The largest absolute Gasteiger partial charge is 0.507 e. The summed E-state index contributed by atoms with van der Waals surface area (Å²) >= 11 is 0. The van der Waals surface area contributed by atoms with E-state index in [0.717, 1.165) is 12.1 Å². The first-order valence-electron chi connectivity index (χ1n) is 9.14. The molecule has 1 amide bonds. The number of carbonyl (C=O) groups is 2. The molecular formula is C23H16F2N2O3. The minimum Gasteiger partial charge on any atom is -0.507 e. The molecular weight excluding hydrogens is 390 g/mol. The third-order valence-corrected chi connectivity index (χ3v) is 4.92. The summed E-state index contributed by atoms with van der Waals surface area (Å²) in [6.45, 7) is 0.0324. The van der Waals surface area contributed by atoms with Gasteiger partial charge in [0.25, 0.3) is 11.7 Å². The number of pyridine rings is 1. The van der Waals surface area contributed by atoms with E-state index in [0.29, 0.717) is 11.1 Å². The molecule has 0 radical (unpaired) electrons. The van der Waals surface area contributed by atoms with E-state index in [9.17, 15) is 23.5 Å². The van der Waals surface area contributed by atoms with Crippen LogP contribution in [0.15, 0.2) is 78.6 Å². The summed E-state index contributed by atoms with van der Waals surface area (Å²) in [6.07, 6.45) is 3.06. The van der Waals surface area contributed by atoms with Crippen molar-refractivity contribution in [2.24, 2.45) is 0 Å². The van der Waals surface area contributed by atoms with Gasteiger partial charge in [0.15, 0.2) is 0 Å². The number of aromatic nitrogens is 1. The van der Waals surface area contributed by atoms with Gasteiger partial charge in [-0.15, -0.1) is 0 Å². The lowest BCUT2D eigenvalue weighted by Gasteiger charge is -2.25. The van der Waals surface area contributed by atoms with Crippen LogP contribution in [0.2, 0.25) is 0 Å². The van der Waals surface area contributed by atoms with Gasteiger partial charge in [0.05, 0.1) is 11.6 Å². The van der Waals surface area contributed by atoms with Crippen LogP contribution in [0.25, 0.3) is 5.76 Å². The third-order valence-electron chi connectivity index (χ3n) is 4.92. The van der Waals surface area contributed by atoms with Crippen molar-refractivity contribution in [1.29, 1.82) is 0 Å². The van der Waals surface area contributed by atoms with Gasteiger partial charge in [-0.2, -0.15) is 0 Å².